The third-order valence-corrected chi connectivity index (χ3v) is 2.87. The molecule has 0 saturated carbocycles. The summed E-state index contributed by atoms with van der Waals surface area (Å²) in [5.74, 6) is -0.378. The predicted octanol–water partition coefficient (Wildman–Crippen LogP) is 2.48. The maximum absolute atomic E-state index is 13.3. The number of nitrogens with two attached hydrogens (primary N) is 1. The van der Waals surface area contributed by atoms with Crippen LogP contribution in [-0.4, -0.2) is 18.6 Å². The normalized spacial score (nSPS) is 10.3. The van der Waals surface area contributed by atoms with Gasteiger partial charge in [0.2, 0.25) is 0 Å². The second-order valence-electron chi connectivity index (χ2n) is 4.17. The van der Waals surface area contributed by atoms with Crippen molar-refractivity contribution in [1.82, 2.24) is 4.98 Å². The van der Waals surface area contributed by atoms with Crippen LogP contribution < -0.4 is 10.6 Å². The van der Waals surface area contributed by atoms with E-state index in [0.717, 1.165) is 18.7 Å². The van der Waals surface area contributed by atoms with Crippen LogP contribution in [0, 0.1) is 5.82 Å². The quantitative estimate of drug-likeness (QED) is 0.841. The minimum absolute atomic E-state index is 0.195. The number of hydrogen-bond acceptors (Lipinski definition) is 3. The van der Waals surface area contributed by atoms with Crippen LogP contribution in [0.25, 0.3) is 0 Å². The first-order valence-corrected chi connectivity index (χ1v) is 5.83. The molecule has 2 aromatic rings. The summed E-state index contributed by atoms with van der Waals surface area (Å²) in [7, 11) is 1.90. The first-order chi connectivity index (χ1) is 8.68. The summed E-state index contributed by atoms with van der Waals surface area (Å²) in [5.41, 5.74) is 7.64. The molecule has 0 aliphatic rings. The van der Waals surface area contributed by atoms with Gasteiger partial charge in [0.1, 0.15) is 5.82 Å². The van der Waals surface area contributed by atoms with Crippen molar-refractivity contribution in [3.63, 3.8) is 0 Å². The second-order valence-corrected chi connectivity index (χ2v) is 4.17. The number of benzene rings is 1. The molecule has 0 aliphatic carbocycles. The Bertz CT molecular complexity index is 514. The summed E-state index contributed by atoms with van der Waals surface area (Å²) in [5, 5.41) is 0. The lowest BCUT2D eigenvalue weighted by Gasteiger charge is -2.21. The van der Waals surface area contributed by atoms with E-state index in [9.17, 15) is 4.39 Å². The fourth-order valence-electron chi connectivity index (χ4n) is 1.81. The zero-order valence-electron chi connectivity index (χ0n) is 10.3. The molecular weight excluding hydrogens is 229 g/mol. The number of likely N-dealkylation sites (N-methyl/N-ethyl adjacent to an activating group) is 1. The highest BCUT2D eigenvalue weighted by Gasteiger charge is 2.08. The van der Waals surface area contributed by atoms with Crippen LogP contribution in [0.5, 0.6) is 0 Å². The van der Waals surface area contributed by atoms with Crippen LogP contribution in [0.2, 0.25) is 0 Å². The Morgan fingerprint density at radius 3 is 2.78 bits per heavy atom. The van der Waals surface area contributed by atoms with E-state index in [-0.39, 0.29) is 11.5 Å². The molecule has 0 bridgehead atoms. The molecule has 1 aromatic heterocycles. The van der Waals surface area contributed by atoms with E-state index in [0.29, 0.717) is 5.69 Å². The molecule has 1 heterocycles. The summed E-state index contributed by atoms with van der Waals surface area (Å²) >= 11 is 0. The smallest absolute Gasteiger partial charge is 0.148 e. The lowest BCUT2D eigenvalue weighted by atomic mass is 10.2. The summed E-state index contributed by atoms with van der Waals surface area (Å²) in [6, 6.07) is 10.7. The summed E-state index contributed by atoms with van der Waals surface area (Å²) in [4.78, 5) is 6.19. The number of halogens is 1. The molecule has 2 rings (SSSR count). The van der Waals surface area contributed by atoms with Gasteiger partial charge in [0, 0.05) is 31.9 Å². The molecule has 2 N–H and O–H groups in total. The Balaban J connectivity index is 2.04. The molecule has 0 amide bonds. The van der Waals surface area contributed by atoms with Crippen molar-refractivity contribution in [2.75, 3.05) is 24.2 Å². The van der Waals surface area contributed by atoms with Crippen LogP contribution in [-0.2, 0) is 6.42 Å². The van der Waals surface area contributed by atoms with Crippen molar-refractivity contribution in [3.8, 4) is 0 Å². The first-order valence-electron chi connectivity index (χ1n) is 5.83. The minimum Gasteiger partial charge on any atom is -0.395 e. The predicted molar refractivity (Wildman–Crippen MR) is 72.0 cm³/mol. The molecule has 94 valence electrons. The fourth-order valence-corrected chi connectivity index (χ4v) is 1.81. The van der Waals surface area contributed by atoms with Gasteiger partial charge in [-0.3, -0.25) is 4.98 Å². The molecule has 18 heavy (non-hydrogen) atoms. The number of nitrogen functional groups attached to an aromatic ring is 1. The van der Waals surface area contributed by atoms with Crippen molar-refractivity contribution < 1.29 is 4.39 Å². The molecule has 4 heteroatoms. The summed E-state index contributed by atoms with van der Waals surface area (Å²) in [6.07, 6.45) is 2.57. The Morgan fingerprint density at radius 2 is 2.06 bits per heavy atom. The van der Waals surface area contributed by atoms with Gasteiger partial charge in [0.25, 0.3) is 0 Å². The third kappa shape index (κ3) is 2.77. The van der Waals surface area contributed by atoms with E-state index in [2.05, 4.69) is 4.98 Å². The highest BCUT2D eigenvalue weighted by molar-refractivity contribution is 5.67. The largest absolute Gasteiger partial charge is 0.395 e. The van der Waals surface area contributed by atoms with Gasteiger partial charge in [-0.15, -0.1) is 0 Å². The van der Waals surface area contributed by atoms with Crippen LogP contribution in [0.1, 0.15) is 5.69 Å². The number of rotatable bonds is 4. The van der Waals surface area contributed by atoms with Gasteiger partial charge in [-0.1, -0.05) is 12.1 Å². The highest BCUT2D eigenvalue weighted by Crippen LogP contribution is 2.24. The lowest BCUT2D eigenvalue weighted by Crippen LogP contribution is -2.22. The van der Waals surface area contributed by atoms with E-state index in [1.54, 1.807) is 12.3 Å². The molecular formula is C14H16FN3. The lowest BCUT2D eigenvalue weighted by molar-refractivity contribution is 0.632. The number of pyridine rings is 1. The monoisotopic (exact) mass is 245 g/mol. The minimum atomic E-state index is -0.378. The van der Waals surface area contributed by atoms with Gasteiger partial charge in [0.15, 0.2) is 0 Å². The topological polar surface area (TPSA) is 42.2 Å². The average molecular weight is 245 g/mol. The number of anilines is 2. The second kappa shape index (κ2) is 5.49. The molecule has 0 atom stereocenters. The van der Waals surface area contributed by atoms with Gasteiger partial charge < -0.3 is 10.6 Å². The molecule has 0 spiro atoms. The summed E-state index contributed by atoms with van der Waals surface area (Å²) in [6.45, 7) is 0.741. The molecule has 0 radical (unpaired) electrons. The molecule has 0 fully saturated rings. The van der Waals surface area contributed by atoms with E-state index in [1.807, 2.05) is 36.2 Å². The zero-order chi connectivity index (χ0) is 13.0. The zero-order valence-corrected chi connectivity index (χ0v) is 10.3. The van der Waals surface area contributed by atoms with Crippen molar-refractivity contribution in [2.45, 2.75) is 6.42 Å². The van der Waals surface area contributed by atoms with E-state index in [1.165, 1.54) is 6.07 Å². The third-order valence-electron chi connectivity index (χ3n) is 2.87. The average Bonchev–Trinajstić information content (AvgIpc) is 2.40. The van der Waals surface area contributed by atoms with Crippen LogP contribution in [0.3, 0.4) is 0 Å². The van der Waals surface area contributed by atoms with Crippen LogP contribution in [0.4, 0.5) is 15.8 Å². The Labute approximate surface area is 106 Å². The van der Waals surface area contributed by atoms with E-state index in [4.69, 9.17) is 5.73 Å². The highest BCUT2D eigenvalue weighted by atomic mass is 19.1. The Kier molecular flexibility index (Phi) is 3.77. The van der Waals surface area contributed by atoms with Crippen molar-refractivity contribution in [2.24, 2.45) is 0 Å². The molecule has 0 saturated heterocycles. The van der Waals surface area contributed by atoms with Gasteiger partial charge >= 0.3 is 0 Å². The van der Waals surface area contributed by atoms with Gasteiger partial charge in [0.05, 0.1) is 11.4 Å². The number of nitrogens with zero attached hydrogens (tertiary/aromatic N) is 2. The standard InChI is InChI=1S/C14H16FN3/c1-18(10-8-11-5-2-3-9-17-11)13-7-4-6-12(15)14(13)16/h2-7,9H,8,10,16H2,1H3. The SMILES string of the molecule is CN(CCc1ccccn1)c1cccc(F)c1N. The number of hydrogen-bond donors (Lipinski definition) is 1. The van der Waals surface area contributed by atoms with E-state index < -0.39 is 0 Å². The fraction of sp³-hybridized carbons (Fsp3) is 0.214. The maximum atomic E-state index is 13.3. The van der Waals surface area contributed by atoms with Crippen molar-refractivity contribution in [1.29, 1.82) is 0 Å². The molecule has 3 nitrogen and oxygen atoms in total. The number of para-hydroxylation sites is 1. The Hall–Kier alpha value is -2.10. The van der Waals surface area contributed by atoms with Crippen molar-refractivity contribution >= 4 is 11.4 Å². The summed E-state index contributed by atoms with van der Waals surface area (Å²) < 4.78 is 13.3. The maximum Gasteiger partial charge on any atom is 0.148 e. The first kappa shape index (κ1) is 12.4. The van der Waals surface area contributed by atoms with Gasteiger partial charge in [-0.25, -0.2) is 4.39 Å². The van der Waals surface area contributed by atoms with Crippen LogP contribution >= 0.6 is 0 Å². The van der Waals surface area contributed by atoms with Gasteiger partial charge in [-0.2, -0.15) is 0 Å². The number of aromatic nitrogens is 1. The van der Waals surface area contributed by atoms with Gasteiger partial charge in [-0.05, 0) is 24.3 Å². The molecule has 1 aromatic carbocycles. The van der Waals surface area contributed by atoms with E-state index >= 15 is 0 Å². The Morgan fingerprint density at radius 1 is 1.22 bits per heavy atom. The van der Waals surface area contributed by atoms with Crippen LogP contribution in [0.15, 0.2) is 42.6 Å². The molecule has 0 unspecified atom stereocenters. The molecule has 0 aliphatic heterocycles. The van der Waals surface area contributed by atoms with Crippen molar-refractivity contribution in [3.05, 3.63) is 54.1 Å².